The molecule has 2 aromatic carbocycles. The summed E-state index contributed by atoms with van der Waals surface area (Å²) in [5.74, 6) is 0.825. The highest BCUT2D eigenvalue weighted by Crippen LogP contribution is 2.32. The maximum atomic E-state index is 12.8. The van der Waals surface area contributed by atoms with Crippen LogP contribution in [-0.2, 0) is 18.6 Å². The van der Waals surface area contributed by atoms with Gasteiger partial charge in [-0.3, -0.25) is 4.57 Å². The first-order chi connectivity index (χ1) is 12.6. The summed E-state index contributed by atoms with van der Waals surface area (Å²) in [5.41, 5.74) is 5.45. The Balaban J connectivity index is 1.70. The van der Waals surface area contributed by atoms with Crippen LogP contribution in [0.4, 0.5) is 0 Å². The molecule has 0 atom stereocenters. The number of hydrogen-bond acceptors (Lipinski definition) is 3. The number of aryl methyl sites for hydroxylation is 1. The summed E-state index contributed by atoms with van der Waals surface area (Å²) in [6, 6.07) is 15.8. The van der Waals surface area contributed by atoms with E-state index in [1.54, 1.807) is 16.3 Å². The molecule has 0 fully saturated rings. The monoisotopic (exact) mass is 382 g/mol. The van der Waals surface area contributed by atoms with Crippen LogP contribution in [0.5, 0.6) is 0 Å². The Labute approximate surface area is 162 Å². The topological polar surface area (TPSA) is 34.9 Å². The van der Waals surface area contributed by atoms with Gasteiger partial charge < -0.3 is 0 Å². The van der Waals surface area contributed by atoms with Gasteiger partial charge in [-0.2, -0.15) is 4.98 Å². The van der Waals surface area contributed by atoms with Crippen LogP contribution in [-0.4, -0.2) is 9.55 Å². The number of fused-ring (bicyclic) bond motifs is 1. The van der Waals surface area contributed by atoms with Crippen molar-refractivity contribution in [2.75, 3.05) is 0 Å². The van der Waals surface area contributed by atoms with E-state index in [2.05, 4.69) is 36.2 Å². The van der Waals surface area contributed by atoms with Gasteiger partial charge in [0.05, 0.1) is 5.69 Å². The van der Waals surface area contributed by atoms with Crippen LogP contribution in [0, 0.1) is 6.92 Å². The molecule has 1 aliphatic rings. The average molecular weight is 383 g/mol. The molecule has 0 saturated heterocycles. The van der Waals surface area contributed by atoms with E-state index in [0.29, 0.717) is 5.02 Å². The van der Waals surface area contributed by atoms with Crippen molar-refractivity contribution in [3.05, 3.63) is 86.4 Å². The lowest BCUT2D eigenvalue weighted by molar-refractivity contribution is 0.802. The summed E-state index contributed by atoms with van der Waals surface area (Å²) in [6.45, 7) is 2.09. The van der Waals surface area contributed by atoms with E-state index in [1.807, 2.05) is 24.3 Å². The van der Waals surface area contributed by atoms with Crippen molar-refractivity contribution in [3.8, 4) is 5.69 Å². The molecule has 0 bridgehead atoms. The molecule has 0 aliphatic heterocycles. The lowest BCUT2D eigenvalue weighted by atomic mass is 10.2. The molecule has 0 amide bonds. The first kappa shape index (κ1) is 17.4. The number of benzene rings is 2. The van der Waals surface area contributed by atoms with Gasteiger partial charge >= 0.3 is 5.69 Å². The normalized spacial score (nSPS) is 13.0. The van der Waals surface area contributed by atoms with E-state index >= 15 is 0 Å². The van der Waals surface area contributed by atoms with E-state index in [-0.39, 0.29) is 5.69 Å². The van der Waals surface area contributed by atoms with Gasteiger partial charge in [0.15, 0.2) is 0 Å². The van der Waals surface area contributed by atoms with E-state index in [0.717, 1.165) is 41.4 Å². The number of halogens is 1. The summed E-state index contributed by atoms with van der Waals surface area (Å²) in [5, 5.41) is 1.55. The molecule has 0 N–H and O–H groups in total. The lowest BCUT2D eigenvalue weighted by Crippen LogP contribution is -2.25. The molecule has 0 radical (unpaired) electrons. The first-order valence-electron chi connectivity index (χ1n) is 8.71. The average Bonchev–Trinajstić information content (AvgIpc) is 3.10. The molecule has 132 valence electrons. The fourth-order valence-corrected chi connectivity index (χ4v) is 4.60. The van der Waals surface area contributed by atoms with E-state index in [1.165, 1.54) is 16.7 Å². The molecular weight excluding hydrogens is 364 g/mol. The van der Waals surface area contributed by atoms with Crippen molar-refractivity contribution in [1.29, 1.82) is 0 Å². The van der Waals surface area contributed by atoms with Crippen molar-refractivity contribution >= 4 is 23.4 Å². The first-order valence-corrected chi connectivity index (χ1v) is 10.1. The maximum absolute atomic E-state index is 12.8. The van der Waals surface area contributed by atoms with Gasteiger partial charge in [0, 0.05) is 22.0 Å². The Hall–Kier alpha value is -2.04. The molecule has 1 aliphatic carbocycles. The zero-order valence-corrected chi connectivity index (χ0v) is 16.1. The minimum atomic E-state index is -0.209. The van der Waals surface area contributed by atoms with E-state index in [9.17, 15) is 4.79 Å². The molecule has 0 saturated carbocycles. The van der Waals surface area contributed by atoms with Crippen LogP contribution in [0.15, 0.2) is 58.4 Å². The Morgan fingerprint density at radius 2 is 1.96 bits per heavy atom. The van der Waals surface area contributed by atoms with Crippen molar-refractivity contribution in [3.63, 3.8) is 0 Å². The van der Waals surface area contributed by atoms with E-state index < -0.39 is 0 Å². The third-order valence-electron chi connectivity index (χ3n) is 4.65. The van der Waals surface area contributed by atoms with Gasteiger partial charge in [-0.15, -0.1) is 11.8 Å². The van der Waals surface area contributed by atoms with Gasteiger partial charge in [-0.25, -0.2) is 4.79 Å². The van der Waals surface area contributed by atoms with Crippen LogP contribution in [0.25, 0.3) is 5.69 Å². The second kappa shape index (κ2) is 7.29. The smallest absolute Gasteiger partial charge is 0.265 e. The highest BCUT2D eigenvalue weighted by atomic mass is 35.5. The Kier molecular flexibility index (Phi) is 4.88. The standard InChI is InChI=1S/C21H19ClN2OS/c1-14-4-2-5-15(12-14)13-26-20-18-6-3-7-19(18)24(21(25)23-20)17-10-8-16(22)9-11-17/h2,4-5,8-12H,3,6-7,13H2,1H3. The van der Waals surface area contributed by atoms with E-state index in [4.69, 9.17) is 11.6 Å². The molecule has 1 aromatic heterocycles. The number of aromatic nitrogens is 2. The summed E-state index contributed by atoms with van der Waals surface area (Å²) in [6.07, 6.45) is 2.95. The highest BCUT2D eigenvalue weighted by molar-refractivity contribution is 7.98. The molecular formula is C21H19ClN2OS. The minimum Gasteiger partial charge on any atom is -0.265 e. The summed E-state index contributed by atoms with van der Waals surface area (Å²) >= 11 is 7.65. The third-order valence-corrected chi connectivity index (χ3v) is 5.99. The zero-order chi connectivity index (χ0) is 18.1. The minimum absolute atomic E-state index is 0.209. The Morgan fingerprint density at radius 3 is 2.73 bits per heavy atom. The predicted octanol–water partition coefficient (Wildman–Crippen LogP) is 4.98. The van der Waals surface area contributed by atoms with Gasteiger partial charge in [0.25, 0.3) is 0 Å². The van der Waals surface area contributed by atoms with Crippen LogP contribution in [0.1, 0.15) is 28.8 Å². The fourth-order valence-electron chi connectivity index (χ4n) is 3.45. The number of rotatable bonds is 4. The van der Waals surface area contributed by atoms with Gasteiger partial charge in [-0.1, -0.05) is 41.4 Å². The SMILES string of the molecule is Cc1cccc(CSc2nc(=O)n(-c3ccc(Cl)cc3)c3c2CCC3)c1. The summed E-state index contributed by atoms with van der Waals surface area (Å²) in [7, 11) is 0. The fraction of sp³-hybridized carbons (Fsp3) is 0.238. The Morgan fingerprint density at radius 1 is 1.15 bits per heavy atom. The quantitative estimate of drug-likeness (QED) is 0.471. The molecule has 0 spiro atoms. The van der Waals surface area contributed by atoms with Crippen LogP contribution < -0.4 is 5.69 Å². The van der Waals surface area contributed by atoms with Crippen molar-refractivity contribution < 1.29 is 0 Å². The van der Waals surface area contributed by atoms with Crippen LogP contribution in [0.3, 0.4) is 0 Å². The van der Waals surface area contributed by atoms with Gasteiger partial charge in [-0.05, 0) is 56.0 Å². The largest absolute Gasteiger partial charge is 0.353 e. The lowest BCUT2D eigenvalue weighted by Gasteiger charge is -2.14. The van der Waals surface area contributed by atoms with Gasteiger partial charge in [0.2, 0.25) is 0 Å². The van der Waals surface area contributed by atoms with Crippen LogP contribution >= 0.6 is 23.4 Å². The second-order valence-electron chi connectivity index (χ2n) is 6.57. The van der Waals surface area contributed by atoms with Gasteiger partial charge in [0.1, 0.15) is 5.03 Å². The van der Waals surface area contributed by atoms with Crippen molar-refractivity contribution in [2.45, 2.75) is 37.0 Å². The maximum Gasteiger partial charge on any atom is 0.353 e. The second-order valence-corrected chi connectivity index (χ2v) is 7.97. The molecule has 0 unspecified atom stereocenters. The zero-order valence-electron chi connectivity index (χ0n) is 14.5. The number of thioether (sulfide) groups is 1. The summed E-state index contributed by atoms with van der Waals surface area (Å²) < 4.78 is 1.75. The molecule has 4 rings (SSSR count). The molecule has 1 heterocycles. The number of hydrogen-bond donors (Lipinski definition) is 0. The molecule has 5 heteroatoms. The number of nitrogens with zero attached hydrogens (tertiary/aromatic N) is 2. The highest BCUT2D eigenvalue weighted by Gasteiger charge is 2.22. The van der Waals surface area contributed by atoms with Crippen molar-refractivity contribution in [1.82, 2.24) is 9.55 Å². The summed E-state index contributed by atoms with van der Waals surface area (Å²) in [4.78, 5) is 17.2. The van der Waals surface area contributed by atoms with Crippen LogP contribution in [0.2, 0.25) is 5.02 Å². The molecule has 3 nitrogen and oxygen atoms in total. The Bertz CT molecular complexity index is 1010. The van der Waals surface area contributed by atoms with Crippen molar-refractivity contribution in [2.24, 2.45) is 0 Å². The molecule has 26 heavy (non-hydrogen) atoms. The molecule has 3 aromatic rings. The third kappa shape index (κ3) is 3.44. The predicted molar refractivity (Wildman–Crippen MR) is 108 cm³/mol.